The molecule has 1 N–H and O–H groups in total. The van der Waals surface area contributed by atoms with E-state index < -0.39 is 0 Å². The Balaban J connectivity index is 2.15. The monoisotopic (exact) mass is 279 g/mol. The number of nitrogens with one attached hydrogen (secondary N) is 1. The van der Waals surface area contributed by atoms with Gasteiger partial charge in [-0.2, -0.15) is 5.10 Å². The van der Waals surface area contributed by atoms with Gasteiger partial charge in [-0.25, -0.2) is 0 Å². The molecule has 3 nitrogen and oxygen atoms in total. The van der Waals surface area contributed by atoms with Crippen LogP contribution in [0.3, 0.4) is 0 Å². The van der Waals surface area contributed by atoms with Gasteiger partial charge in [0, 0.05) is 12.7 Å². The van der Waals surface area contributed by atoms with Gasteiger partial charge in [-0.3, -0.25) is 4.68 Å². The Morgan fingerprint density at radius 3 is 3.00 bits per heavy atom. The summed E-state index contributed by atoms with van der Waals surface area (Å²) in [4.78, 5) is 0. The summed E-state index contributed by atoms with van der Waals surface area (Å²) in [7, 11) is 1.98. The molecule has 12 heavy (non-hydrogen) atoms. The summed E-state index contributed by atoms with van der Waals surface area (Å²) in [6, 6.07) is 0. The summed E-state index contributed by atoms with van der Waals surface area (Å²) >= 11 is 2.27. The normalized spacial score (nSPS) is 10.5. The van der Waals surface area contributed by atoms with Gasteiger partial charge in [0.25, 0.3) is 0 Å². The third kappa shape index (κ3) is 3.53. The van der Waals surface area contributed by atoms with Gasteiger partial charge in [-0.15, -0.1) is 0 Å². The molecule has 0 aliphatic rings. The molecule has 0 fully saturated rings. The standard InChI is InChI=1S/C8H14IN3/c1-10-4-2-3-5-12-7-8(9)6-11-12/h6-7,10H,2-5H2,1H3. The van der Waals surface area contributed by atoms with Gasteiger partial charge in [-0.05, 0) is 49.0 Å². The van der Waals surface area contributed by atoms with E-state index in [-0.39, 0.29) is 0 Å². The maximum absolute atomic E-state index is 4.20. The van der Waals surface area contributed by atoms with Gasteiger partial charge in [0.1, 0.15) is 0 Å². The van der Waals surface area contributed by atoms with Crippen molar-refractivity contribution in [1.82, 2.24) is 15.1 Å². The molecule has 68 valence electrons. The Bertz CT molecular complexity index is 222. The van der Waals surface area contributed by atoms with Crippen LogP contribution in [-0.4, -0.2) is 23.4 Å². The van der Waals surface area contributed by atoms with Crippen molar-refractivity contribution in [1.29, 1.82) is 0 Å². The van der Waals surface area contributed by atoms with Gasteiger partial charge in [0.2, 0.25) is 0 Å². The second-order valence-corrected chi connectivity index (χ2v) is 3.98. The zero-order valence-electron chi connectivity index (χ0n) is 7.26. The van der Waals surface area contributed by atoms with Crippen LogP contribution in [0.4, 0.5) is 0 Å². The third-order valence-corrected chi connectivity index (χ3v) is 2.22. The Morgan fingerprint density at radius 2 is 2.42 bits per heavy atom. The van der Waals surface area contributed by atoms with Crippen molar-refractivity contribution in [2.45, 2.75) is 19.4 Å². The maximum atomic E-state index is 4.20. The second kappa shape index (κ2) is 5.53. The molecule has 0 spiro atoms. The van der Waals surface area contributed by atoms with Crippen LogP contribution in [0.2, 0.25) is 0 Å². The fourth-order valence-corrected chi connectivity index (χ4v) is 1.48. The molecular weight excluding hydrogens is 265 g/mol. The lowest BCUT2D eigenvalue weighted by Gasteiger charge is -2.00. The number of hydrogen-bond donors (Lipinski definition) is 1. The molecule has 0 radical (unpaired) electrons. The average Bonchev–Trinajstić information content (AvgIpc) is 2.45. The molecule has 0 amide bonds. The minimum Gasteiger partial charge on any atom is -0.320 e. The minimum absolute atomic E-state index is 1.03. The van der Waals surface area contributed by atoms with Gasteiger partial charge >= 0.3 is 0 Å². The number of unbranched alkanes of at least 4 members (excludes halogenated alkanes) is 1. The van der Waals surface area contributed by atoms with Crippen molar-refractivity contribution in [2.75, 3.05) is 13.6 Å². The van der Waals surface area contributed by atoms with Crippen LogP contribution in [0.25, 0.3) is 0 Å². The van der Waals surface area contributed by atoms with E-state index in [1.807, 2.05) is 17.9 Å². The van der Waals surface area contributed by atoms with E-state index in [0.29, 0.717) is 0 Å². The van der Waals surface area contributed by atoms with Crippen LogP contribution in [0, 0.1) is 3.57 Å². The molecule has 0 saturated carbocycles. The van der Waals surface area contributed by atoms with E-state index in [9.17, 15) is 0 Å². The third-order valence-electron chi connectivity index (χ3n) is 1.67. The maximum Gasteiger partial charge on any atom is 0.0623 e. The number of rotatable bonds is 5. The molecule has 1 aromatic rings. The minimum atomic E-state index is 1.03. The van der Waals surface area contributed by atoms with Crippen LogP contribution >= 0.6 is 22.6 Å². The van der Waals surface area contributed by atoms with E-state index in [4.69, 9.17) is 0 Å². The van der Waals surface area contributed by atoms with Crippen LogP contribution in [0.1, 0.15) is 12.8 Å². The molecule has 4 heteroatoms. The summed E-state index contributed by atoms with van der Waals surface area (Å²) in [6.45, 7) is 2.13. The quantitative estimate of drug-likeness (QED) is 0.653. The molecular formula is C8H14IN3. The van der Waals surface area contributed by atoms with E-state index in [1.54, 1.807) is 0 Å². The Kier molecular flexibility index (Phi) is 4.60. The Morgan fingerprint density at radius 1 is 1.58 bits per heavy atom. The van der Waals surface area contributed by atoms with Gasteiger partial charge in [0.05, 0.1) is 9.77 Å². The first-order valence-electron chi connectivity index (χ1n) is 4.15. The first kappa shape index (κ1) is 9.98. The highest BCUT2D eigenvalue weighted by atomic mass is 127. The van der Waals surface area contributed by atoms with Crippen molar-refractivity contribution >= 4 is 22.6 Å². The second-order valence-electron chi connectivity index (χ2n) is 2.73. The van der Waals surface area contributed by atoms with E-state index in [2.05, 4.69) is 39.2 Å². The molecule has 0 bridgehead atoms. The van der Waals surface area contributed by atoms with Gasteiger partial charge in [0.15, 0.2) is 0 Å². The van der Waals surface area contributed by atoms with Gasteiger partial charge < -0.3 is 5.32 Å². The Labute approximate surface area is 86.7 Å². The van der Waals surface area contributed by atoms with Crippen LogP contribution in [-0.2, 0) is 6.54 Å². The van der Waals surface area contributed by atoms with Crippen molar-refractivity contribution in [3.63, 3.8) is 0 Å². The summed E-state index contributed by atoms with van der Waals surface area (Å²) in [5, 5.41) is 7.33. The van der Waals surface area contributed by atoms with Crippen molar-refractivity contribution in [3.05, 3.63) is 16.0 Å². The molecule has 0 aromatic carbocycles. The highest BCUT2D eigenvalue weighted by Gasteiger charge is 1.93. The smallest absolute Gasteiger partial charge is 0.0623 e. The van der Waals surface area contributed by atoms with E-state index in [1.165, 1.54) is 16.4 Å². The summed E-state index contributed by atoms with van der Waals surface area (Å²) < 4.78 is 3.21. The molecule has 1 aromatic heterocycles. The first-order valence-corrected chi connectivity index (χ1v) is 5.23. The van der Waals surface area contributed by atoms with Crippen molar-refractivity contribution in [2.24, 2.45) is 0 Å². The predicted molar refractivity (Wildman–Crippen MR) is 58.1 cm³/mol. The molecule has 1 rings (SSSR count). The van der Waals surface area contributed by atoms with Crippen molar-refractivity contribution < 1.29 is 0 Å². The van der Waals surface area contributed by atoms with Gasteiger partial charge in [-0.1, -0.05) is 0 Å². The molecule has 1 heterocycles. The summed E-state index contributed by atoms with van der Waals surface area (Å²) in [6.07, 6.45) is 6.37. The fraction of sp³-hybridized carbons (Fsp3) is 0.625. The zero-order valence-corrected chi connectivity index (χ0v) is 9.41. The lowest BCUT2D eigenvalue weighted by Crippen LogP contribution is -2.08. The van der Waals surface area contributed by atoms with Crippen LogP contribution in [0.15, 0.2) is 12.4 Å². The molecule has 0 aliphatic carbocycles. The largest absolute Gasteiger partial charge is 0.320 e. The number of halogens is 1. The number of nitrogens with zero attached hydrogens (tertiary/aromatic N) is 2. The summed E-state index contributed by atoms with van der Waals surface area (Å²) in [5.74, 6) is 0. The number of aryl methyl sites for hydroxylation is 1. The van der Waals surface area contributed by atoms with Crippen molar-refractivity contribution in [3.8, 4) is 0 Å². The topological polar surface area (TPSA) is 29.9 Å². The van der Waals surface area contributed by atoms with E-state index in [0.717, 1.165) is 13.1 Å². The highest BCUT2D eigenvalue weighted by Crippen LogP contribution is 2.02. The molecule has 0 aliphatic heterocycles. The highest BCUT2D eigenvalue weighted by molar-refractivity contribution is 14.1. The molecule has 0 saturated heterocycles. The first-order chi connectivity index (χ1) is 5.83. The van der Waals surface area contributed by atoms with Crippen LogP contribution in [0.5, 0.6) is 0 Å². The summed E-state index contributed by atoms with van der Waals surface area (Å²) in [5.41, 5.74) is 0. The fourth-order valence-electron chi connectivity index (χ4n) is 1.04. The zero-order chi connectivity index (χ0) is 8.81. The lowest BCUT2D eigenvalue weighted by atomic mass is 10.3. The number of hydrogen-bond acceptors (Lipinski definition) is 2. The predicted octanol–water partition coefficient (Wildman–Crippen LogP) is 1.49. The SMILES string of the molecule is CNCCCCn1cc(I)cn1. The average molecular weight is 279 g/mol. The Hall–Kier alpha value is -0.100. The van der Waals surface area contributed by atoms with E-state index >= 15 is 0 Å². The number of aromatic nitrogens is 2. The molecule has 0 unspecified atom stereocenters. The lowest BCUT2D eigenvalue weighted by molar-refractivity contribution is 0.547. The van der Waals surface area contributed by atoms with Crippen LogP contribution < -0.4 is 5.32 Å². The molecule has 0 atom stereocenters.